The molecule has 0 radical (unpaired) electrons. The molecule has 4 rings (SSSR count). The zero-order valence-corrected chi connectivity index (χ0v) is 19.8. The number of anilines is 1. The Kier molecular flexibility index (Phi) is 6.49. The van der Waals surface area contributed by atoms with Gasteiger partial charge in [-0.3, -0.25) is 19.8 Å². The van der Waals surface area contributed by atoms with Gasteiger partial charge in [0.15, 0.2) is 0 Å². The van der Waals surface area contributed by atoms with Crippen molar-refractivity contribution in [3.8, 4) is 0 Å². The van der Waals surface area contributed by atoms with Gasteiger partial charge in [0.2, 0.25) is 5.91 Å². The molecule has 0 atom stereocenters. The third-order valence-electron chi connectivity index (χ3n) is 6.73. The number of urea groups is 1. The second-order valence-electron chi connectivity index (χ2n) is 9.40. The molecule has 2 aliphatic rings. The van der Waals surface area contributed by atoms with E-state index >= 15 is 0 Å². The topological polar surface area (TPSA) is 115 Å². The van der Waals surface area contributed by atoms with Crippen LogP contribution in [0.5, 0.6) is 0 Å². The molecule has 0 aliphatic carbocycles. The van der Waals surface area contributed by atoms with E-state index in [4.69, 9.17) is 5.11 Å². The number of carbonyl (C=O) groups is 4. The summed E-state index contributed by atoms with van der Waals surface area (Å²) in [5.41, 5.74) is 1.93. The van der Waals surface area contributed by atoms with Crippen LogP contribution >= 0.6 is 0 Å². The van der Waals surface area contributed by atoms with Crippen LogP contribution in [-0.2, 0) is 4.79 Å². The van der Waals surface area contributed by atoms with Gasteiger partial charge in [-0.1, -0.05) is 0 Å². The van der Waals surface area contributed by atoms with Gasteiger partial charge in [0.05, 0.1) is 11.2 Å². The molecule has 2 saturated heterocycles. The minimum Gasteiger partial charge on any atom is -0.465 e. The van der Waals surface area contributed by atoms with E-state index in [1.165, 1.54) is 9.80 Å². The molecule has 0 unspecified atom stereocenters. The number of hydrogen-bond donors (Lipinski definition) is 2. The van der Waals surface area contributed by atoms with Crippen molar-refractivity contribution < 1.29 is 24.3 Å². The standard InChI is InChI=1S/C24H31N5O5/c1-15(2)28-10-6-18-19(28)12-17(13-20(18)29-11-7-21(30)25-23(29)32)22(31)26(3)14-16-4-8-27(9-5-16)24(33)34/h6,10,12-13,15-16H,4-5,7-9,11,14H2,1-3H3,(H,33,34)(H,25,30,32). The molecule has 1 aromatic carbocycles. The highest BCUT2D eigenvalue weighted by molar-refractivity contribution is 6.11. The van der Waals surface area contributed by atoms with Crippen molar-refractivity contribution in [2.45, 2.75) is 39.2 Å². The Morgan fingerprint density at radius 2 is 1.88 bits per heavy atom. The smallest absolute Gasteiger partial charge is 0.407 e. The monoisotopic (exact) mass is 469 g/mol. The Hall–Kier alpha value is -3.56. The first-order valence-corrected chi connectivity index (χ1v) is 11.6. The van der Waals surface area contributed by atoms with Gasteiger partial charge in [-0.15, -0.1) is 0 Å². The normalized spacial score (nSPS) is 17.4. The van der Waals surface area contributed by atoms with Crippen molar-refractivity contribution in [2.75, 3.05) is 38.1 Å². The van der Waals surface area contributed by atoms with Gasteiger partial charge in [-0.25, -0.2) is 9.59 Å². The number of imide groups is 1. The van der Waals surface area contributed by atoms with E-state index in [9.17, 15) is 19.2 Å². The van der Waals surface area contributed by atoms with Crippen LogP contribution in [0.15, 0.2) is 24.4 Å². The molecule has 2 aromatic rings. The minimum atomic E-state index is -0.902. The molecule has 10 heteroatoms. The molecule has 34 heavy (non-hydrogen) atoms. The van der Waals surface area contributed by atoms with Crippen molar-refractivity contribution in [2.24, 2.45) is 5.92 Å². The number of piperidine rings is 1. The third-order valence-corrected chi connectivity index (χ3v) is 6.73. The lowest BCUT2D eigenvalue weighted by atomic mass is 9.96. The number of nitrogens with zero attached hydrogens (tertiary/aromatic N) is 4. The van der Waals surface area contributed by atoms with E-state index in [0.717, 1.165) is 10.9 Å². The van der Waals surface area contributed by atoms with Crippen molar-refractivity contribution >= 4 is 40.5 Å². The van der Waals surface area contributed by atoms with E-state index in [1.807, 2.05) is 18.3 Å². The molecule has 10 nitrogen and oxygen atoms in total. The van der Waals surface area contributed by atoms with Crippen LogP contribution in [-0.4, -0.2) is 76.6 Å². The molecule has 2 fully saturated rings. The minimum absolute atomic E-state index is 0.157. The van der Waals surface area contributed by atoms with Gasteiger partial charge < -0.3 is 19.5 Å². The first-order chi connectivity index (χ1) is 16.2. The predicted octanol–water partition coefficient (Wildman–Crippen LogP) is 3.13. The number of benzene rings is 1. The molecule has 5 amide bonds. The Morgan fingerprint density at radius 1 is 1.18 bits per heavy atom. The molecule has 2 N–H and O–H groups in total. The summed E-state index contributed by atoms with van der Waals surface area (Å²) < 4.78 is 2.06. The van der Waals surface area contributed by atoms with E-state index < -0.39 is 12.1 Å². The van der Waals surface area contributed by atoms with Crippen LogP contribution in [0.3, 0.4) is 0 Å². The summed E-state index contributed by atoms with van der Waals surface area (Å²) >= 11 is 0. The zero-order valence-electron chi connectivity index (χ0n) is 19.8. The summed E-state index contributed by atoms with van der Waals surface area (Å²) in [5, 5.41) is 12.4. The van der Waals surface area contributed by atoms with Gasteiger partial charge in [0.25, 0.3) is 5.91 Å². The second kappa shape index (κ2) is 9.36. The summed E-state index contributed by atoms with van der Waals surface area (Å²) in [6.07, 6.45) is 2.67. The lowest BCUT2D eigenvalue weighted by Gasteiger charge is -2.32. The van der Waals surface area contributed by atoms with Crippen LogP contribution in [0, 0.1) is 5.92 Å². The zero-order chi connectivity index (χ0) is 24.6. The lowest BCUT2D eigenvalue weighted by Crippen LogP contribution is -2.49. The van der Waals surface area contributed by atoms with Crippen LogP contribution in [0.4, 0.5) is 15.3 Å². The van der Waals surface area contributed by atoms with Crippen molar-refractivity contribution in [3.63, 3.8) is 0 Å². The quantitative estimate of drug-likeness (QED) is 0.698. The summed E-state index contributed by atoms with van der Waals surface area (Å²) in [4.78, 5) is 53.4. The number of aromatic nitrogens is 1. The van der Waals surface area contributed by atoms with Crippen LogP contribution < -0.4 is 10.2 Å². The van der Waals surface area contributed by atoms with Gasteiger partial charge in [-0.2, -0.15) is 0 Å². The number of carboxylic acid groups (broad SMARTS) is 1. The Labute approximate surface area is 198 Å². The molecule has 0 spiro atoms. The largest absolute Gasteiger partial charge is 0.465 e. The number of nitrogens with one attached hydrogen (secondary N) is 1. The number of likely N-dealkylation sites (tertiary alicyclic amines) is 1. The summed E-state index contributed by atoms with van der Waals surface area (Å²) in [5.74, 6) is -0.238. The molecular formula is C24H31N5O5. The fraction of sp³-hybridized carbons (Fsp3) is 0.500. The molecule has 2 aliphatic heterocycles. The highest BCUT2D eigenvalue weighted by Crippen LogP contribution is 2.33. The SMILES string of the molecule is CC(C)n1ccc2c(N3CCC(=O)NC3=O)cc(C(=O)N(C)CC3CCN(C(=O)O)CC3)cc21. The Bertz CT molecular complexity index is 1130. The number of hydrogen-bond acceptors (Lipinski definition) is 4. The van der Waals surface area contributed by atoms with Gasteiger partial charge in [0, 0.05) is 62.8 Å². The van der Waals surface area contributed by atoms with E-state index in [1.54, 1.807) is 18.0 Å². The number of rotatable bonds is 5. The van der Waals surface area contributed by atoms with Gasteiger partial charge in [0.1, 0.15) is 0 Å². The Morgan fingerprint density at radius 3 is 2.50 bits per heavy atom. The summed E-state index contributed by atoms with van der Waals surface area (Å²) in [6.45, 7) is 5.84. The molecule has 1 aromatic heterocycles. The second-order valence-corrected chi connectivity index (χ2v) is 9.40. The third kappa shape index (κ3) is 4.57. The number of carbonyl (C=O) groups excluding carboxylic acids is 3. The van der Waals surface area contributed by atoms with Crippen LogP contribution in [0.25, 0.3) is 10.9 Å². The van der Waals surface area contributed by atoms with E-state index in [2.05, 4.69) is 23.7 Å². The summed E-state index contributed by atoms with van der Waals surface area (Å²) in [7, 11) is 1.75. The average molecular weight is 470 g/mol. The maximum atomic E-state index is 13.4. The van der Waals surface area contributed by atoms with Crippen molar-refractivity contribution in [1.29, 1.82) is 0 Å². The Balaban J connectivity index is 1.62. The fourth-order valence-electron chi connectivity index (χ4n) is 4.83. The van der Waals surface area contributed by atoms with Crippen molar-refractivity contribution in [3.05, 3.63) is 30.0 Å². The fourth-order valence-corrected chi connectivity index (χ4v) is 4.83. The number of amides is 5. The maximum absolute atomic E-state index is 13.4. The maximum Gasteiger partial charge on any atom is 0.407 e. The average Bonchev–Trinajstić information content (AvgIpc) is 3.23. The predicted molar refractivity (Wildman–Crippen MR) is 127 cm³/mol. The molecule has 0 saturated carbocycles. The van der Waals surface area contributed by atoms with Gasteiger partial charge >= 0.3 is 12.1 Å². The van der Waals surface area contributed by atoms with E-state index in [-0.39, 0.29) is 36.7 Å². The first kappa shape index (κ1) is 23.6. The number of fused-ring (bicyclic) bond motifs is 1. The highest BCUT2D eigenvalue weighted by atomic mass is 16.4. The van der Waals surface area contributed by atoms with Crippen LogP contribution in [0.2, 0.25) is 0 Å². The summed E-state index contributed by atoms with van der Waals surface area (Å²) in [6, 6.07) is 5.19. The molecule has 182 valence electrons. The van der Waals surface area contributed by atoms with E-state index in [0.29, 0.717) is 43.7 Å². The first-order valence-electron chi connectivity index (χ1n) is 11.6. The highest BCUT2D eigenvalue weighted by Gasteiger charge is 2.29. The molecule has 3 heterocycles. The molecule has 0 bridgehead atoms. The van der Waals surface area contributed by atoms with Crippen molar-refractivity contribution in [1.82, 2.24) is 19.7 Å². The lowest BCUT2D eigenvalue weighted by molar-refractivity contribution is -0.120. The van der Waals surface area contributed by atoms with Gasteiger partial charge in [-0.05, 0) is 50.8 Å². The van der Waals surface area contributed by atoms with Crippen LogP contribution in [0.1, 0.15) is 49.5 Å². The molecular weight excluding hydrogens is 438 g/mol.